The van der Waals surface area contributed by atoms with E-state index >= 15 is 0 Å². The van der Waals surface area contributed by atoms with Gasteiger partial charge in [-0.15, -0.1) is 0 Å². The van der Waals surface area contributed by atoms with Gasteiger partial charge in [-0.25, -0.2) is 8.78 Å². The summed E-state index contributed by atoms with van der Waals surface area (Å²) in [5, 5.41) is 0. The van der Waals surface area contributed by atoms with Gasteiger partial charge in [-0.05, 0) is 42.8 Å². The molecular formula is C16H12F2O2. The fourth-order valence-corrected chi connectivity index (χ4v) is 2.40. The van der Waals surface area contributed by atoms with Crippen molar-refractivity contribution in [3.63, 3.8) is 0 Å². The van der Waals surface area contributed by atoms with Crippen LogP contribution in [0.2, 0.25) is 0 Å². The molecule has 0 N–H and O–H groups in total. The molecule has 0 saturated heterocycles. The molecule has 0 aliphatic carbocycles. The summed E-state index contributed by atoms with van der Waals surface area (Å²) in [6.45, 7) is 1.94. The lowest BCUT2D eigenvalue weighted by molar-refractivity contribution is 0.103. The van der Waals surface area contributed by atoms with Crippen LogP contribution in [0.5, 0.6) is 5.75 Å². The maximum absolute atomic E-state index is 13.7. The number of fused-ring (bicyclic) bond motifs is 1. The number of halogens is 2. The van der Waals surface area contributed by atoms with E-state index in [0.29, 0.717) is 12.0 Å². The van der Waals surface area contributed by atoms with Gasteiger partial charge in [0.15, 0.2) is 17.4 Å². The lowest BCUT2D eigenvalue weighted by Gasteiger charge is -2.05. The van der Waals surface area contributed by atoms with Gasteiger partial charge in [0, 0.05) is 12.0 Å². The lowest BCUT2D eigenvalue weighted by Crippen LogP contribution is -2.06. The quantitative estimate of drug-likeness (QED) is 0.783. The number of ketones is 1. The van der Waals surface area contributed by atoms with Crippen LogP contribution in [0.1, 0.15) is 28.4 Å². The number of hydrogen-bond acceptors (Lipinski definition) is 2. The minimum Gasteiger partial charge on any atom is -0.490 e. The topological polar surface area (TPSA) is 26.3 Å². The number of carbonyl (C=O) groups excluding carboxylic acids is 1. The highest BCUT2D eigenvalue weighted by molar-refractivity contribution is 6.09. The highest BCUT2D eigenvalue weighted by atomic mass is 19.2. The van der Waals surface area contributed by atoms with Gasteiger partial charge in [0.1, 0.15) is 11.9 Å². The molecule has 0 amide bonds. The maximum Gasteiger partial charge on any atom is 0.196 e. The van der Waals surface area contributed by atoms with Crippen molar-refractivity contribution in [2.75, 3.05) is 0 Å². The zero-order valence-electron chi connectivity index (χ0n) is 10.8. The SMILES string of the molecule is CC1Cc2cc(C(=O)c3cccc(F)c3F)ccc2O1. The van der Waals surface area contributed by atoms with Crippen molar-refractivity contribution in [2.45, 2.75) is 19.4 Å². The molecule has 3 rings (SSSR count). The van der Waals surface area contributed by atoms with Crippen molar-refractivity contribution in [3.8, 4) is 5.75 Å². The highest BCUT2D eigenvalue weighted by Crippen LogP contribution is 2.30. The summed E-state index contributed by atoms with van der Waals surface area (Å²) >= 11 is 0. The Bertz CT molecular complexity index is 695. The standard InChI is InChI=1S/C16H12F2O2/c1-9-7-11-8-10(5-6-14(11)20-9)16(19)12-3-2-4-13(17)15(12)18/h2-6,8-9H,7H2,1H3. The number of benzene rings is 2. The third kappa shape index (κ3) is 2.07. The Hall–Kier alpha value is -2.23. The molecule has 1 heterocycles. The molecule has 4 heteroatoms. The van der Waals surface area contributed by atoms with Gasteiger partial charge in [0.05, 0.1) is 5.56 Å². The van der Waals surface area contributed by atoms with Crippen molar-refractivity contribution >= 4 is 5.78 Å². The fourth-order valence-electron chi connectivity index (χ4n) is 2.40. The molecule has 1 aliphatic rings. The van der Waals surface area contributed by atoms with E-state index in [9.17, 15) is 13.6 Å². The number of ether oxygens (including phenoxy) is 1. The second kappa shape index (κ2) is 4.71. The van der Waals surface area contributed by atoms with Crippen LogP contribution in [0.15, 0.2) is 36.4 Å². The van der Waals surface area contributed by atoms with Gasteiger partial charge < -0.3 is 4.74 Å². The van der Waals surface area contributed by atoms with E-state index < -0.39 is 17.4 Å². The molecule has 2 aromatic carbocycles. The first-order valence-electron chi connectivity index (χ1n) is 6.34. The van der Waals surface area contributed by atoms with Crippen molar-refractivity contribution in [1.82, 2.24) is 0 Å². The van der Waals surface area contributed by atoms with Crippen LogP contribution < -0.4 is 4.74 Å². The second-order valence-corrected chi connectivity index (χ2v) is 4.89. The zero-order chi connectivity index (χ0) is 14.3. The Morgan fingerprint density at radius 1 is 1.25 bits per heavy atom. The molecule has 0 aromatic heterocycles. The monoisotopic (exact) mass is 274 g/mol. The van der Waals surface area contributed by atoms with Gasteiger partial charge in [0.2, 0.25) is 0 Å². The molecule has 0 spiro atoms. The summed E-state index contributed by atoms with van der Waals surface area (Å²) in [6, 6.07) is 8.56. The predicted molar refractivity (Wildman–Crippen MR) is 70.0 cm³/mol. The first kappa shape index (κ1) is 12.8. The number of rotatable bonds is 2. The zero-order valence-corrected chi connectivity index (χ0v) is 10.8. The van der Waals surface area contributed by atoms with E-state index in [4.69, 9.17) is 4.74 Å². The summed E-state index contributed by atoms with van der Waals surface area (Å²) in [6.07, 6.45) is 0.781. The van der Waals surface area contributed by atoms with E-state index in [1.165, 1.54) is 12.1 Å². The molecule has 0 bridgehead atoms. The minimum absolute atomic E-state index is 0.0706. The van der Waals surface area contributed by atoms with Crippen LogP contribution in [-0.4, -0.2) is 11.9 Å². The molecule has 0 saturated carbocycles. The van der Waals surface area contributed by atoms with Crippen LogP contribution in [0.4, 0.5) is 8.78 Å². The maximum atomic E-state index is 13.7. The van der Waals surface area contributed by atoms with Gasteiger partial charge in [-0.2, -0.15) is 0 Å². The van der Waals surface area contributed by atoms with Crippen molar-refractivity contribution in [2.24, 2.45) is 0 Å². The molecule has 0 radical (unpaired) electrons. The Balaban J connectivity index is 2.00. The van der Waals surface area contributed by atoms with E-state index in [1.54, 1.807) is 18.2 Å². The van der Waals surface area contributed by atoms with E-state index in [-0.39, 0.29) is 11.7 Å². The van der Waals surface area contributed by atoms with E-state index in [0.717, 1.165) is 17.4 Å². The van der Waals surface area contributed by atoms with Gasteiger partial charge >= 0.3 is 0 Å². The molecule has 1 unspecified atom stereocenters. The molecule has 20 heavy (non-hydrogen) atoms. The van der Waals surface area contributed by atoms with Crippen LogP contribution in [0.3, 0.4) is 0 Å². The average Bonchev–Trinajstić information content (AvgIpc) is 2.80. The largest absolute Gasteiger partial charge is 0.490 e. The average molecular weight is 274 g/mol. The molecule has 2 aromatic rings. The smallest absolute Gasteiger partial charge is 0.196 e. The Morgan fingerprint density at radius 2 is 2.05 bits per heavy atom. The third-order valence-corrected chi connectivity index (χ3v) is 3.35. The molecule has 102 valence electrons. The Morgan fingerprint density at radius 3 is 2.85 bits per heavy atom. The Labute approximate surface area is 115 Å². The van der Waals surface area contributed by atoms with Crippen LogP contribution in [0, 0.1) is 11.6 Å². The van der Waals surface area contributed by atoms with Crippen molar-refractivity contribution in [1.29, 1.82) is 0 Å². The normalized spacial score (nSPS) is 16.6. The molecule has 1 atom stereocenters. The molecule has 2 nitrogen and oxygen atoms in total. The van der Waals surface area contributed by atoms with Gasteiger partial charge in [-0.1, -0.05) is 6.07 Å². The third-order valence-electron chi connectivity index (χ3n) is 3.35. The summed E-state index contributed by atoms with van der Waals surface area (Å²) in [5.41, 5.74) is 1.00. The van der Waals surface area contributed by atoms with Crippen LogP contribution in [-0.2, 0) is 6.42 Å². The first-order chi connectivity index (χ1) is 9.56. The molecular weight excluding hydrogens is 262 g/mol. The van der Waals surface area contributed by atoms with Crippen molar-refractivity contribution < 1.29 is 18.3 Å². The van der Waals surface area contributed by atoms with Crippen LogP contribution in [0.25, 0.3) is 0 Å². The molecule has 0 fully saturated rings. The summed E-state index contributed by atoms with van der Waals surface area (Å²) in [7, 11) is 0. The predicted octanol–water partition coefficient (Wildman–Crippen LogP) is 3.52. The highest BCUT2D eigenvalue weighted by Gasteiger charge is 2.22. The number of hydrogen-bond donors (Lipinski definition) is 0. The fraction of sp³-hybridized carbons (Fsp3) is 0.188. The van der Waals surface area contributed by atoms with Crippen LogP contribution >= 0.6 is 0 Å². The minimum atomic E-state index is -1.11. The second-order valence-electron chi connectivity index (χ2n) is 4.89. The van der Waals surface area contributed by atoms with E-state index in [1.807, 2.05) is 6.92 Å². The summed E-state index contributed by atoms with van der Waals surface area (Å²) in [4.78, 5) is 12.3. The number of carbonyl (C=O) groups is 1. The molecule has 1 aliphatic heterocycles. The van der Waals surface area contributed by atoms with Gasteiger partial charge in [0.25, 0.3) is 0 Å². The van der Waals surface area contributed by atoms with Gasteiger partial charge in [-0.3, -0.25) is 4.79 Å². The summed E-state index contributed by atoms with van der Waals surface area (Å²) in [5.74, 6) is -1.91. The summed E-state index contributed by atoms with van der Waals surface area (Å²) < 4.78 is 32.4. The first-order valence-corrected chi connectivity index (χ1v) is 6.34. The lowest BCUT2D eigenvalue weighted by atomic mass is 9.99. The Kier molecular flexibility index (Phi) is 3.01. The van der Waals surface area contributed by atoms with E-state index in [2.05, 4.69) is 0 Å². The van der Waals surface area contributed by atoms with Crippen molar-refractivity contribution in [3.05, 3.63) is 64.7 Å².